The standard InChI is InChI=1S/C29H26N6O4S/c1-3-39-27(36)19-35(40(37,38)25-8-4-6-22-7-5-15-31-28(22)25)23-16-24-29(32-18-23)34(2)26(33-24)14-13-20-9-11-21(17-30)12-10-20/h4-12,15-16,18H,3,13-14,19H2,1-2H3. The number of para-hydroxylation sites is 1. The molecule has 0 saturated heterocycles. The summed E-state index contributed by atoms with van der Waals surface area (Å²) in [6.45, 7) is 1.24. The molecule has 0 aliphatic heterocycles. The fraction of sp³-hybridized carbons (Fsp3) is 0.207. The van der Waals surface area contributed by atoms with Gasteiger partial charge in [-0.2, -0.15) is 5.26 Å². The second-order valence-electron chi connectivity index (χ2n) is 9.08. The predicted octanol–water partition coefficient (Wildman–Crippen LogP) is 3.93. The minimum Gasteiger partial charge on any atom is -0.465 e. The van der Waals surface area contributed by atoms with Crippen molar-refractivity contribution in [1.29, 1.82) is 5.26 Å². The molecular weight excluding hydrogens is 528 g/mol. The summed E-state index contributed by atoms with van der Waals surface area (Å²) in [6.07, 6.45) is 4.26. The molecule has 0 fully saturated rings. The van der Waals surface area contributed by atoms with Gasteiger partial charge in [0.25, 0.3) is 10.0 Å². The van der Waals surface area contributed by atoms with Crippen molar-refractivity contribution in [2.75, 3.05) is 17.5 Å². The van der Waals surface area contributed by atoms with Crippen LogP contribution in [0.25, 0.3) is 22.1 Å². The van der Waals surface area contributed by atoms with Gasteiger partial charge in [0.1, 0.15) is 22.8 Å². The highest BCUT2D eigenvalue weighted by atomic mass is 32.2. The summed E-state index contributed by atoms with van der Waals surface area (Å²) >= 11 is 0. The highest BCUT2D eigenvalue weighted by molar-refractivity contribution is 7.93. The number of aromatic nitrogens is 4. The summed E-state index contributed by atoms with van der Waals surface area (Å²) in [4.78, 5) is 26.0. The van der Waals surface area contributed by atoms with Crippen molar-refractivity contribution in [3.63, 3.8) is 0 Å². The Labute approximate surface area is 231 Å². The molecule has 10 nitrogen and oxygen atoms in total. The molecule has 5 aromatic rings. The summed E-state index contributed by atoms with van der Waals surface area (Å²) in [7, 11) is -2.39. The number of nitrogens with zero attached hydrogens (tertiary/aromatic N) is 6. The molecule has 3 heterocycles. The summed E-state index contributed by atoms with van der Waals surface area (Å²) in [5.41, 5.74) is 3.23. The fourth-order valence-electron chi connectivity index (χ4n) is 4.52. The molecule has 3 aromatic heterocycles. The third-order valence-corrected chi connectivity index (χ3v) is 8.34. The second kappa shape index (κ2) is 11.1. The molecule has 0 aliphatic carbocycles. The number of benzene rings is 2. The number of hydrogen-bond donors (Lipinski definition) is 0. The lowest BCUT2D eigenvalue weighted by Gasteiger charge is -2.23. The summed E-state index contributed by atoms with van der Waals surface area (Å²) < 4.78 is 36.0. The lowest BCUT2D eigenvalue weighted by atomic mass is 10.1. The molecule has 2 aromatic carbocycles. The van der Waals surface area contributed by atoms with Crippen LogP contribution in [0.2, 0.25) is 0 Å². The molecule has 0 radical (unpaired) electrons. The van der Waals surface area contributed by atoms with Crippen molar-refractivity contribution in [3.8, 4) is 6.07 Å². The maximum atomic E-state index is 14.0. The first kappa shape index (κ1) is 26.8. The minimum absolute atomic E-state index is 0.0286. The molecule has 40 heavy (non-hydrogen) atoms. The summed E-state index contributed by atoms with van der Waals surface area (Å²) in [5.74, 6) is 0.0746. The zero-order valence-corrected chi connectivity index (χ0v) is 22.8. The van der Waals surface area contributed by atoms with Crippen molar-refractivity contribution >= 4 is 43.7 Å². The first-order valence-electron chi connectivity index (χ1n) is 12.6. The number of pyridine rings is 2. The number of ether oxygens (including phenoxy) is 1. The van der Waals surface area contributed by atoms with Gasteiger partial charge in [0.15, 0.2) is 5.65 Å². The van der Waals surface area contributed by atoms with E-state index in [0.29, 0.717) is 40.5 Å². The third kappa shape index (κ3) is 5.21. The molecule has 0 atom stereocenters. The lowest BCUT2D eigenvalue weighted by Crippen LogP contribution is -2.37. The molecule has 0 spiro atoms. The van der Waals surface area contributed by atoms with Crippen molar-refractivity contribution < 1.29 is 17.9 Å². The van der Waals surface area contributed by atoms with Gasteiger partial charge in [-0.25, -0.2) is 18.4 Å². The SMILES string of the molecule is CCOC(=O)CN(c1cnc2c(c1)nc(CCc1ccc(C#N)cc1)n2C)S(=O)(=O)c1cccc2cccnc12. The van der Waals surface area contributed by atoms with Crippen molar-refractivity contribution in [1.82, 2.24) is 19.5 Å². The van der Waals surface area contributed by atoms with Gasteiger partial charge in [0, 0.05) is 25.1 Å². The molecule has 0 amide bonds. The first-order chi connectivity index (χ1) is 19.3. The molecule has 0 saturated carbocycles. The Kier molecular flexibility index (Phi) is 7.44. The van der Waals surface area contributed by atoms with Gasteiger partial charge < -0.3 is 9.30 Å². The number of hydrogen-bond acceptors (Lipinski definition) is 8. The van der Waals surface area contributed by atoms with E-state index in [1.54, 1.807) is 49.4 Å². The van der Waals surface area contributed by atoms with Crippen LogP contribution in [0.4, 0.5) is 5.69 Å². The molecule has 0 unspecified atom stereocenters. The predicted molar refractivity (Wildman–Crippen MR) is 150 cm³/mol. The Hall–Kier alpha value is -4.82. The normalized spacial score (nSPS) is 11.4. The van der Waals surface area contributed by atoms with E-state index in [1.807, 2.05) is 23.7 Å². The molecule has 0 N–H and O–H groups in total. The zero-order valence-electron chi connectivity index (χ0n) is 22.0. The van der Waals surface area contributed by atoms with Crippen LogP contribution in [0.15, 0.2) is 78.0 Å². The second-order valence-corrected chi connectivity index (χ2v) is 10.9. The topological polar surface area (TPSA) is 131 Å². The quantitative estimate of drug-likeness (QED) is 0.251. The molecule has 11 heteroatoms. The van der Waals surface area contributed by atoms with E-state index in [-0.39, 0.29) is 17.2 Å². The van der Waals surface area contributed by atoms with Crippen LogP contribution in [-0.2, 0) is 39.4 Å². The first-order valence-corrected chi connectivity index (χ1v) is 14.1. The van der Waals surface area contributed by atoms with Crippen molar-refractivity contribution in [2.24, 2.45) is 7.05 Å². The summed E-state index contributed by atoms with van der Waals surface area (Å²) in [6, 6.07) is 19.5. The largest absolute Gasteiger partial charge is 0.465 e. The maximum absolute atomic E-state index is 14.0. The van der Waals surface area contributed by atoms with Crippen molar-refractivity contribution in [3.05, 3.63) is 90.0 Å². The van der Waals surface area contributed by atoms with E-state index in [2.05, 4.69) is 16.0 Å². The summed E-state index contributed by atoms with van der Waals surface area (Å²) in [5, 5.41) is 9.67. The van der Waals surface area contributed by atoms with Gasteiger partial charge in [0.2, 0.25) is 0 Å². The number of carbonyl (C=O) groups excluding carboxylic acids is 1. The smallest absolute Gasteiger partial charge is 0.326 e. The van der Waals surface area contributed by atoms with Gasteiger partial charge in [-0.15, -0.1) is 0 Å². The lowest BCUT2D eigenvalue weighted by molar-refractivity contribution is -0.141. The number of imidazole rings is 1. The Bertz CT molecular complexity index is 1850. The van der Waals surface area contributed by atoms with E-state index in [9.17, 15) is 13.2 Å². The monoisotopic (exact) mass is 554 g/mol. The van der Waals surface area contributed by atoms with Crippen LogP contribution in [0.1, 0.15) is 23.9 Å². The van der Waals surface area contributed by atoms with E-state index in [1.165, 1.54) is 18.5 Å². The van der Waals surface area contributed by atoms with E-state index in [0.717, 1.165) is 15.7 Å². The number of rotatable bonds is 9. The van der Waals surface area contributed by atoms with Crippen LogP contribution < -0.4 is 4.31 Å². The Morgan fingerprint density at radius 3 is 2.60 bits per heavy atom. The molecule has 0 aliphatic rings. The number of sulfonamides is 1. The van der Waals surface area contributed by atoms with E-state index < -0.39 is 22.5 Å². The highest BCUT2D eigenvalue weighted by Gasteiger charge is 2.30. The third-order valence-electron chi connectivity index (χ3n) is 6.54. The number of carbonyl (C=O) groups is 1. The van der Waals surface area contributed by atoms with Crippen molar-refractivity contribution in [2.45, 2.75) is 24.7 Å². The van der Waals surface area contributed by atoms with E-state index in [4.69, 9.17) is 15.0 Å². The zero-order chi connectivity index (χ0) is 28.3. The Morgan fingerprint density at radius 2 is 1.85 bits per heavy atom. The van der Waals surface area contributed by atoms with Gasteiger partial charge >= 0.3 is 5.97 Å². The minimum atomic E-state index is -4.25. The van der Waals surface area contributed by atoms with Crippen LogP contribution >= 0.6 is 0 Å². The van der Waals surface area contributed by atoms with Crippen LogP contribution in [0.5, 0.6) is 0 Å². The molecule has 5 rings (SSSR count). The van der Waals surface area contributed by atoms with Gasteiger partial charge in [-0.05, 0) is 49.2 Å². The van der Waals surface area contributed by atoms with Crippen LogP contribution in [-0.4, -0.2) is 47.1 Å². The number of aryl methyl sites for hydroxylation is 3. The Balaban J connectivity index is 1.52. The van der Waals surface area contributed by atoms with Gasteiger partial charge in [0.05, 0.1) is 35.6 Å². The van der Waals surface area contributed by atoms with E-state index >= 15 is 0 Å². The number of nitriles is 1. The highest BCUT2D eigenvalue weighted by Crippen LogP contribution is 2.29. The number of fused-ring (bicyclic) bond motifs is 2. The van der Waals surface area contributed by atoms with Crippen LogP contribution in [0.3, 0.4) is 0 Å². The molecule has 202 valence electrons. The van der Waals surface area contributed by atoms with Gasteiger partial charge in [-0.1, -0.05) is 30.3 Å². The maximum Gasteiger partial charge on any atom is 0.326 e. The Morgan fingerprint density at radius 1 is 1.07 bits per heavy atom. The number of esters is 1. The van der Waals surface area contributed by atoms with Gasteiger partial charge in [-0.3, -0.25) is 14.1 Å². The number of anilines is 1. The average molecular weight is 555 g/mol. The fourth-order valence-corrected chi connectivity index (χ4v) is 6.07. The average Bonchev–Trinajstić information content (AvgIpc) is 3.29. The molecule has 0 bridgehead atoms. The molecular formula is C29H26N6O4S. The van der Waals surface area contributed by atoms with Crippen LogP contribution in [0, 0.1) is 11.3 Å².